The molecule has 0 aromatic heterocycles. The third-order valence-electron chi connectivity index (χ3n) is 3.86. The first-order valence-electron chi connectivity index (χ1n) is 7.49. The van der Waals surface area contributed by atoms with Crippen LogP contribution in [0.4, 0.5) is 0 Å². The smallest absolute Gasteiger partial charge is 0.119 e. The molecule has 1 atom stereocenters. The molecule has 0 radical (unpaired) electrons. The molecule has 0 bridgehead atoms. The largest absolute Gasteiger partial charge is 0.491 e. The number of hydrogen-bond acceptors (Lipinski definition) is 4. The number of likely N-dealkylation sites (N-methyl/N-ethyl adjacent to an activating group) is 1. The van der Waals surface area contributed by atoms with E-state index in [-0.39, 0.29) is 0 Å². The van der Waals surface area contributed by atoms with Crippen molar-refractivity contribution < 1.29 is 9.47 Å². The van der Waals surface area contributed by atoms with Gasteiger partial charge in [-0.3, -0.25) is 0 Å². The molecule has 1 saturated heterocycles. The summed E-state index contributed by atoms with van der Waals surface area (Å²) in [6.45, 7) is 3.77. The Morgan fingerprint density at radius 1 is 1.30 bits per heavy atom. The number of nitrogens with two attached hydrogens (primary N) is 1. The first-order chi connectivity index (χ1) is 9.79. The van der Waals surface area contributed by atoms with Gasteiger partial charge in [-0.15, -0.1) is 0 Å². The fourth-order valence-corrected chi connectivity index (χ4v) is 2.55. The van der Waals surface area contributed by atoms with Crippen molar-refractivity contribution in [2.24, 2.45) is 5.73 Å². The lowest BCUT2D eigenvalue weighted by molar-refractivity contribution is 0.0391. The average Bonchev–Trinajstić information content (AvgIpc) is 2.49. The Bertz CT molecular complexity index is 398. The third kappa shape index (κ3) is 4.78. The predicted molar refractivity (Wildman–Crippen MR) is 80.9 cm³/mol. The highest BCUT2D eigenvalue weighted by atomic mass is 16.5. The summed E-state index contributed by atoms with van der Waals surface area (Å²) in [6, 6.07) is 8.48. The van der Waals surface area contributed by atoms with Crippen LogP contribution in [0.2, 0.25) is 0 Å². The topological polar surface area (TPSA) is 47.7 Å². The van der Waals surface area contributed by atoms with Gasteiger partial charge in [-0.25, -0.2) is 0 Å². The minimum absolute atomic E-state index is 0.543. The van der Waals surface area contributed by atoms with Gasteiger partial charge in [0.1, 0.15) is 12.4 Å². The molecule has 4 nitrogen and oxygen atoms in total. The van der Waals surface area contributed by atoms with Crippen LogP contribution in [0.15, 0.2) is 24.3 Å². The Kier molecular flexibility index (Phi) is 6.30. The van der Waals surface area contributed by atoms with Gasteiger partial charge in [0.25, 0.3) is 0 Å². The van der Waals surface area contributed by atoms with Crippen LogP contribution < -0.4 is 10.5 Å². The van der Waals surface area contributed by atoms with E-state index in [1.165, 1.54) is 25.8 Å². The van der Waals surface area contributed by atoms with E-state index in [4.69, 9.17) is 15.2 Å². The Hall–Kier alpha value is -1.10. The maximum Gasteiger partial charge on any atom is 0.119 e. The van der Waals surface area contributed by atoms with Gasteiger partial charge < -0.3 is 20.1 Å². The summed E-state index contributed by atoms with van der Waals surface area (Å²) in [6.07, 6.45) is 3.88. The maximum absolute atomic E-state index is 5.73. The molecule has 1 aliphatic heterocycles. The minimum atomic E-state index is 0.543. The number of hydrogen-bond donors (Lipinski definition) is 1. The van der Waals surface area contributed by atoms with Gasteiger partial charge >= 0.3 is 0 Å². The van der Waals surface area contributed by atoms with Gasteiger partial charge in [-0.2, -0.15) is 0 Å². The predicted octanol–water partition coefficient (Wildman–Crippen LogP) is 2.03. The van der Waals surface area contributed by atoms with Gasteiger partial charge in [-0.05, 0) is 44.1 Å². The molecule has 0 saturated carbocycles. The molecule has 20 heavy (non-hydrogen) atoms. The summed E-state index contributed by atoms with van der Waals surface area (Å²) in [5, 5.41) is 0. The van der Waals surface area contributed by atoms with E-state index in [1.54, 1.807) is 0 Å². The molecule has 2 rings (SSSR count). The third-order valence-corrected chi connectivity index (χ3v) is 3.86. The summed E-state index contributed by atoms with van der Waals surface area (Å²) in [5.41, 5.74) is 6.70. The lowest BCUT2D eigenvalue weighted by Crippen LogP contribution is -2.39. The monoisotopic (exact) mass is 278 g/mol. The highest BCUT2D eigenvalue weighted by Crippen LogP contribution is 2.15. The molecule has 0 aliphatic carbocycles. The van der Waals surface area contributed by atoms with E-state index in [9.17, 15) is 0 Å². The van der Waals surface area contributed by atoms with E-state index >= 15 is 0 Å². The van der Waals surface area contributed by atoms with Crippen LogP contribution in [0.25, 0.3) is 0 Å². The molecule has 0 spiro atoms. The zero-order chi connectivity index (χ0) is 14.2. The number of piperidine rings is 1. The van der Waals surface area contributed by atoms with Gasteiger partial charge in [-0.1, -0.05) is 18.6 Å². The van der Waals surface area contributed by atoms with E-state index in [0.29, 0.717) is 25.8 Å². The fourth-order valence-electron chi connectivity index (χ4n) is 2.55. The Balaban J connectivity index is 1.61. The lowest BCUT2D eigenvalue weighted by atomic mass is 10.0. The standard InChI is InChI=1S/C16H26N2O2/c1-18-8-3-2-6-15(18)13-19-9-10-20-16-7-4-5-14(11-16)12-17/h4-5,7,11,15H,2-3,6,8-10,12-13,17H2,1H3. The van der Waals surface area contributed by atoms with Gasteiger partial charge in [0.05, 0.1) is 13.2 Å². The van der Waals surface area contributed by atoms with Crippen molar-refractivity contribution >= 4 is 0 Å². The zero-order valence-corrected chi connectivity index (χ0v) is 12.4. The minimum Gasteiger partial charge on any atom is -0.491 e. The van der Waals surface area contributed by atoms with E-state index in [2.05, 4.69) is 11.9 Å². The van der Waals surface area contributed by atoms with Crippen molar-refractivity contribution in [3.63, 3.8) is 0 Å². The molecule has 1 unspecified atom stereocenters. The first-order valence-corrected chi connectivity index (χ1v) is 7.49. The highest BCUT2D eigenvalue weighted by molar-refractivity contribution is 5.28. The van der Waals surface area contributed by atoms with Crippen molar-refractivity contribution in [1.82, 2.24) is 4.90 Å². The number of likely N-dealkylation sites (tertiary alicyclic amines) is 1. The van der Waals surface area contributed by atoms with Crippen molar-refractivity contribution in [2.45, 2.75) is 31.8 Å². The van der Waals surface area contributed by atoms with Crippen LogP contribution in [-0.2, 0) is 11.3 Å². The van der Waals surface area contributed by atoms with Crippen LogP contribution in [0.3, 0.4) is 0 Å². The average molecular weight is 278 g/mol. The number of nitrogens with zero attached hydrogens (tertiary/aromatic N) is 1. The Labute approximate surface area is 121 Å². The van der Waals surface area contributed by atoms with Crippen molar-refractivity contribution in [3.05, 3.63) is 29.8 Å². The van der Waals surface area contributed by atoms with E-state index < -0.39 is 0 Å². The molecule has 1 heterocycles. The molecule has 112 valence electrons. The summed E-state index contributed by atoms with van der Waals surface area (Å²) >= 11 is 0. The van der Waals surface area contributed by atoms with E-state index in [0.717, 1.165) is 17.9 Å². The van der Waals surface area contributed by atoms with Crippen LogP contribution in [-0.4, -0.2) is 44.4 Å². The molecule has 0 amide bonds. The molecular formula is C16H26N2O2. The maximum atomic E-state index is 5.73. The zero-order valence-electron chi connectivity index (χ0n) is 12.4. The second-order valence-electron chi connectivity index (χ2n) is 5.41. The molecule has 1 aromatic rings. The second kappa shape index (κ2) is 8.25. The quantitative estimate of drug-likeness (QED) is 0.775. The normalized spacial score (nSPS) is 20.0. The van der Waals surface area contributed by atoms with Crippen LogP contribution in [0.5, 0.6) is 5.75 Å². The van der Waals surface area contributed by atoms with Crippen LogP contribution in [0.1, 0.15) is 24.8 Å². The van der Waals surface area contributed by atoms with Crippen molar-refractivity contribution in [3.8, 4) is 5.75 Å². The Morgan fingerprint density at radius 3 is 3.00 bits per heavy atom. The van der Waals surface area contributed by atoms with Crippen LogP contribution >= 0.6 is 0 Å². The molecular weight excluding hydrogens is 252 g/mol. The summed E-state index contributed by atoms with van der Waals surface area (Å²) in [4.78, 5) is 2.40. The molecule has 4 heteroatoms. The first kappa shape index (κ1) is 15.3. The summed E-state index contributed by atoms with van der Waals surface area (Å²) in [7, 11) is 2.18. The summed E-state index contributed by atoms with van der Waals surface area (Å²) < 4.78 is 11.4. The fraction of sp³-hybridized carbons (Fsp3) is 0.625. The van der Waals surface area contributed by atoms with Gasteiger partial charge in [0.2, 0.25) is 0 Å². The highest BCUT2D eigenvalue weighted by Gasteiger charge is 2.18. The summed E-state index contributed by atoms with van der Waals surface area (Å²) in [5.74, 6) is 0.867. The number of ether oxygens (including phenoxy) is 2. The van der Waals surface area contributed by atoms with E-state index in [1.807, 2.05) is 24.3 Å². The number of benzene rings is 1. The van der Waals surface area contributed by atoms with Gasteiger partial charge in [0, 0.05) is 12.6 Å². The Morgan fingerprint density at radius 2 is 2.20 bits per heavy atom. The molecule has 2 N–H and O–H groups in total. The van der Waals surface area contributed by atoms with Gasteiger partial charge in [0.15, 0.2) is 0 Å². The second-order valence-corrected chi connectivity index (χ2v) is 5.41. The lowest BCUT2D eigenvalue weighted by Gasteiger charge is -2.32. The SMILES string of the molecule is CN1CCCCC1COCCOc1cccc(CN)c1. The molecule has 1 aromatic carbocycles. The van der Waals surface area contributed by atoms with Crippen LogP contribution in [0, 0.1) is 0 Å². The number of rotatable bonds is 7. The van der Waals surface area contributed by atoms with Crippen molar-refractivity contribution in [1.29, 1.82) is 0 Å². The van der Waals surface area contributed by atoms with Crippen molar-refractivity contribution in [2.75, 3.05) is 33.4 Å². The molecule has 1 fully saturated rings. The molecule has 1 aliphatic rings.